The first-order valence-electron chi connectivity index (χ1n) is 5.35. The van der Waals surface area contributed by atoms with Crippen molar-refractivity contribution in [2.75, 3.05) is 6.61 Å². The SMILES string of the molecule is C#C[C@]1(CO)O[C@@H](n2ccc(=S)[nH]c2=O)[C@@H](F)[C@H]1O. The monoisotopic (exact) mass is 286 g/mol. The summed E-state index contributed by atoms with van der Waals surface area (Å²) in [4.78, 5) is 14.0. The molecule has 6 nitrogen and oxygen atoms in total. The number of hydrogen-bond acceptors (Lipinski definition) is 5. The summed E-state index contributed by atoms with van der Waals surface area (Å²) in [7, 11) is 0. The van der Waals surface area contributed by atoms with Crippen molar-refractivity contribution >= 4 is 12.2 Å². The number of alkyl halides is 1. The number of nitrogens with one attached hydrogen (secondary N) is 1. The fraction of sp³-hybridized carbons (Fsp3) is 0.455. The summed E-state index contributed by atoms with van der Waals surface area (Å²) in [5, 5.41) is 18.9. The minimum atomic E-state index is -1.95. The predicted octanol–water partition coefficient (Wildman–Crippen LogP) is -0.502. The Morgan fingerprint density at radius 1 is 1.74 bits per heavy atom. The van der Waals surface area contributed by atoms with Gasteiger partial charge in [-0.15, -0.1) is 6.42 Å². The summed E-state index contributed by atoms with van der Waals surface area (Å²) in [5.74, 6) is 2.03. The van der Waals surface area contributed by atoms with E-state index in [-0.39, 0.29) is 4.64 Å². The second-order valence-corrected chi connectivity index (χ2v) is 4.55. The lowest BCUT2D eigenvalue weighted by Crippen LogP contribution is -2.44. The van der Waals surface area contributed by atoms with Crippen LogP contribution >= 0.6 is 12.2 Å². The molecule has 8 heteroatoms. The van der Waals surface area contributed by atoms with Crippen molar-refractivity contribution in [1.29, 1.82) is 0 Å². The molecule has 0 aromatic carbocycles. The fourth-order valence-corrected chi connectivity index (χ4v) is 2.05. The van der Waals surface area contributed by atoms with Gasteiger partial charge in [-0.2, -0.15) is 0 Å². The molecule has 0 saturated carbocycles. The highest BCUT2D eigenvalue weighted by Crippen LogP contribution is 2.37. The molecule has 102 valence electrons. The molecular weight excluding hydrogens is 275 g/mol. The number of halogens is 1. The zero-order chi connectivity index (χ0) is 14.2. The molecule has 0 spiro atoms. The van der Waals surface area contributed by atoms with Crippen LogP contribution in [-0.4, -0.2) is 44.2 Å². The Kier molecular flexibility index (Phi) is 3.56. The van der Waals surface area contributed by atoms with Crippen LogP contribution in [0.1, 0.15) is 6.23 Å². The van der Waals surface area contributed by atoms with Crippen molar-refractivity contribution in [3.8, 4) is 12.3 Å². The van der Waals surface area contributed by atoms with Crippen LogP contribution in [0.25, 0.3) is 0 Å². The van der Waals surface area contributed by atoms with Crippen molar-refractivity contribution in [3.63, 3.8) is 0 Å². The van der Waals surface area contributed by atoms with Crippen molar-refractivity contribution in [1.82, 2.24) is 9.55 Å². The zero-order valence-corrected chi connectivity index (χ0v) is 10.4. The molecule has 0 aliphatic carbocycles. The summed E-state index contributed by atoms with van der Waals surface area (Å²) < 4.78 is 20.3. The highest BCUT2D eigenvalue weighted by Gasteiger charge is 2.55. The van der Waals surface area contributed by atoms with E-state index in [1.807, 2.05) is 5.92 Å². The number of rotatable bonds is 2. The maximum absolute atomic E-state index is 14.0. The van der Waals surface area contributed by atoms with E-state index in [0.29, 0.717) is 0 Å². The lowest BCUT2D eigenvalue weighted by Gasteiger charge is -2.23. The Morgan fingerprint density at radius 3 is 2.89 bits per heavy atom. The standard InChI is InChI=1S/C11H11FN2O4S/c1-2-11(5-15)8(16)7(12)9(18-11)14-4-3-6(19)13-10(14)17/h1,3-4,7-9,15-16H,5H2,(H,13,17,19)/t7-,8+,9+,11+/m0/s1. The Bertz CT molecular complexity index is 637. The quantitative estimate of drug-likeness (QED) is 0.504. The van der Waals surface area contributed by atoms with E-state index in [9.17, 15) is 19.4 Å². The molecule has 0 bridgehead atoms. The number of aliphatic hydroxyl groups is 2. The summed E-state index contributed by atoms with van der Waals surface area (Å²) in [6, 6.07) is 1.37. The van der Waals surface area contributed by atoms with Crippen molar-refractivity contribution in [2.45, 2.75) is 24.1 Å². The molecule has 3 N–H and O–H groups in total. The smallest absolute Gasteiger partial charge is 0.328 e. The molecule has 1 saturated heterocycles. The van der Waals surface area contributed by atoms with Gasteiger partial charge in [0.2, 0.25) is 0 Å². The number of aromatic nitrogens is 2. The van der Waals surface area contributed by atoms with Crippen LogP contribution in [0.2, 0.25) is 0 Å². The molecular formula is C11H11FN2O4S. The second-order valence-electron chi connectivity index (χ2n) is 4.11. The molecule has 1 aromatic rings. The van der Waals surface area contributed by atoms with E-state index >= 15 is 0 Å². The highest BCUT2D eigenvalue weighted by atomic mass is 32.1. The maximum atomic E-state index is 14.0. The first kappa shape index (κ1) is 13.9. The van der Waals surface area contributed by atoms with Crippen LogP contribution in [-0.2, 0) is 4.74 Å². The molecule has 1 aliphatic rings. The fourth-order valence-electron chi connectivity index (χ4n) is 1.90. The second kappa shape index (κ2) is 4.86. The third-order valence-electron chi connectivity index (χ3n) is 2.99. The van der Waals surface area contributed by atoms with Crippen molar-refractivity contribution in [3.05, 3.63) is 27.4 Å². The number of aromatic amines is 1. The van der Waals surface area contributed by atoms with Gasteiger partial charge in [0.15, 0.2) is 18.0 Å². The Labute approximate surface area is 112 Å². The topological polar surface area (TPSA) is 87.5 Å². The van der Waals surface area contributed by atoms with Crippen LogP contribution < -0.4 is 5.69 Å². The third-order valence-corrected chi connectivity index (χ3v) is 3.23. The average molecular weight is 286 g/mol. The largest absolute Gasteiger partial charge is 0.392 e. The van der Waals surface area contributed by atoms with E-state index < -0.39 is 36.4 Å². The molecule has 0 unspecified atom stereocenters. The van der Waals surface area contributed by atoms with Gasteiger partial charge in [0.05, 0.1) is 6.61 Å². The lowest BCUT2D eigenvalue weighted by molar-refractivity contribution is -0.0922. The number of ether oxygens (including phenoxy) is 1. The van der Waals surface area contributed by atoms with E-state index in [1.165, 1.54) is 12.3 Å². The molecule has 2 rings (SSSR count). The van der Waals surface area contributed by atoms with Crippen LogP contribution in [0.3, 0.4) is 0 Å². The summed E-state index contributed by atoms with van der Waals surface area (Å²) in [6.07, 6.45) is 1.27. The van der Waals surface area contributed by atoms with Gasteiger partial charge in [0.25, 0.3) is 0 Å². The van der Waals surface area contributed by atoms with E-state index in [2.05, 4.69) is 4.98 Å². The predicted molar refractivity (Wildman–Crippen MR) is 65.6 cm³/mol. The zero-order valence-electron chi connectivity index (χ0n) is 9.62. The van der Waals surface area contributed by atoms with Gasteiger partial charge in [0.1, 0.15) is 10.7 Å². The average Bonchev–Trinajstić information content (AvgIpc) is 2.64. The molecule has 2 heterocycles. The number of nitrogens with zero attached hydrogens (tertiary/aromatic N) is 1. The van der Waals surface area contributed by atoms with Crippen LogP contribution in [0.4, 0.5) is 4.39 Å². The summed E-state index contributed by atoms with van der Waals surface area (Å²) >= 11 is 4.75. The molecule has 0 radical (unpaired) electrons. The van der Waals surface area contributed by atoms with Crippen molar-refractivity contribution in [2.24, 2.45) is 0 Å². The van der Waals surface area contributed by atoms with Crippen LogP contribution in [0, 0.1) is 17.0 Å². The third kappa shape index (κ3) is 2.11. The first-order valence-corrected chi connectivity index (χ1v) is 5.76. The van der Waals surface area contributed by atoms with E-state index in [1.54, 1.807) is 0 Å². The number of hydrogen-bond donors (Lipinski definition) is 3. The number of aliphatic hydroxyl groups excluding tert-OH is 2. The molecule has 19 heavy (non-hydrogen) atoms. The minimum Gasteiger partial charge on any atom is -0.392 e. The maximum Gasteiger partial charge on any atom is 0.328 e. The van der Waals surface area contributed by atoms with Crippen molar-refractivity contribution < 1.29 is 19.3 Å². The number of terminal acetylenes is 1. The van der Waals surface area contributed by atoms with E-state index in [0.717, 1.165) is 4.57 Å². The van der Waals surface area contributed by atoms with Gasteiger partial charge in [0, 0.05) is 6.20 Å². The van der Waals surface area contributed by atoms with Gasteiger partial charge in [-0.1, -0.05) is 18.1 Å². The Hall–Kier alpha value is -1.53. The normalized spacial score (nSPS) is 34.1. The summed E-state index contributed by atoms with van der Waals surface area (Å²) in [6.45, 7) is -0.765. The van der Waals surface area contributed by atoms with Gasteiger partial charge < -0.3 is 14.9 Å². The van der Waals surface area contributed by atoms with Crippen LogP contribution in [0.5, 0.6) is 0 Å². The molecule has 1 aliphatic heterocycles. The van der Waals surface area contributed by atoms with Crippen LogP contribution in [0.15, 0.2) is 17.1 Å². The Morgan fingerprint density at radius 2 is 2.42 bits per heavy atom. The van der Waals surface area contributed by atoms with Gasteiger partial charge >= 0.3 is 5.69 Å². The molecule has 1 fully saturated rings. The van der Waals surface area contributed by atoms with Gasteiger partial charge in [-0.3, -0.25) is 9.55 Å². The Balaban J connectivity index is 2.46. The lowest BCUT2D eigenvalue weighted by atomic mass is 9.98. The van der Waals surface area contributed by atoms with Gasteiger partial charge in [-0.05, 0) is 6.07 Å². The van der Waals surface area contributed by atoms with Gasteiger partial charge in [-0.25, -0.2) is 9.18 Å². The summed E-state index contributed by atoms with van der Waals surface area (Å²) in [5.41, 5.74) is -2.56. The molecule has 4 atom stereocenters. The van der Waals surface area contributed by atoms with E-state index in [4.69, 9.17) is 23.4 Å². The highest BCUT2D eigenvalue weighted by molar-refractivity contribution is 7.71. The first-order chi connectivity index (χ1) is 8.95. The molecule has 1 aromatic heterocycles. The number of H-pyrrole nitrogens is 1. The minimum absolute atomic E-state index is 0.181. The molecule has 0 amide bonds.